The highest BCUT2D eigenvalue weighted by Crippen LogP contribution is 2.41. The number of likely N-dealkylation sites (N-methyl/N-ethyl adjacent to an activating group) is 1. The van der Waals surface area contributed by atoms with E-state index in [0.29, 0.717) is 51.5 Å². The lowest BCUT2D eigenvalue weighted by molar-refractivity contribution is 0.0657. The Morgan fingerprint density at radius 3 is 2.61 bits per heavy atom. The lowest BCUT2D eigenvalue weighted by Gasteiger charge is -2.31. The van der Waals surface area contributed by atoms with Gasteiger partial charge in [0.2, 0.25) is 0 Å². The largest absolute Gasteiger partial charge is 0.482 e. The molecule has 6 nitrogen and oxygen atoms in total. The summed E-state index contributed by atoms with van der Waals surface area (Å²) in [6.07, 6.45) is 1.55. The number of fused-ring (bicyclic) bond motifs is 2. The van der Waals surface area contributed by atoms with Crippen LogP contribution in [0, 0.1) is 12.7 Å². The van der Waals surface area contributed by atoms with Crippen molar-refractivity contribution in [2.24, 2.45) is 0 Å². The summed E-state index contributed by atoms with van der Waals surface area (Å²) in [7, 11) is 5.53. The number of halogens is 3. The average molecular weight is 555 g/mol. The minimum atomic E-state index is -0.312. The zero-order valence-corrected chi connectivity index (χ0v) is 23.3. The molecule has 0 bridgehead atoms. The fourth-order valence-electron chi connectivity index (χ4n) is 5.17. The molecule has 0 spiro atoms. The van der Waals surface area contributed by atoms with E-state index in [4.69, 9.17) is 32.9 Å². The quantitative estimate of drug-likeness (QED) is 0.263. The van der Waals surface area contributed by atoms with Crippen LogP contribution < -0.4 is 4.74 Å². The molecule has 4 aromatic rings. The van der Waals surface area contributed by atoms with Gasteiger partial charge in [-0.25, -0.2) is 9.37 Å². The first kappa shape index (κ1) is 26.5. The van der Waals surface area contributed by atoms with Gasteiger partial charge in [-0.15, -0.1) is 0 Å². The minimum absolute atomic E-state index is 0.179. The van der Waals surface area contributed by atoms with Gasteiger partial charge >= 0.3 is 0 Å². The first-order chi connectivity index (χ1) is 18.2. The van der Waals surface area contributed by atoms with Crippen molar-refractivity contribution in [1.29, 1.82) is 0 Å². The Morgan fingerprint density at radius 1 is 1.13 bits per heavy atom. The monoisotopic (exact) mass is 554 g/mol. The number of carbonyl (C=O) groups excluding carboxylic acids is 1. The summed E-state index contributed by atoms with van der Waals surface area (Å²) in [5.41, 5.74) is 4.68. The van der Waals surface area contributed by atoms with Crippen LogP contribution in [0.1, 0.15) is 39.6 Å². The molecule has 1 aliphatic rings. The molecule has 2 aromatic heterocycles. The molecule has 1 unspecified atom stereocenters. The summed E-state index contributed by atoms with van der Waals surface area (Å²) >= 11 is 12.7. The number of rotatable bonds is 7. The Bertz CT molecular complexity index is 1540. The van der Waals surface area contributed by atoms with Gasteiger partial charge in [0, 0.05) is 18.7 Å². The molecule has 38 heavy (non-hydrogen) atoms. The number of aromatic nitrogens is 2. The molecule has 0 aliphatic heterocycles. The maximum Gasteiger partial charge on any atom is 0.275 e. The normalized spacial score (nSPS) is 14.8. The fraction of sp³-hybridized carbons (Fsp3) is 0.310. The van der Waals surface area contributed by atoms with Crippen molar-refractivity contribution in [3.05, 3.63) is 86.8 Å². The molecule has 198 valence electrons. The van der Waals surface area contributed by atoms with Crippen molar-refractivity contribution >= 4 is 34.8 Å². The molecule has 1 aliphatic carbocycles. The fourth-order valence-corrected chi connectivity index (χ4v) is 5.53. The Hall–Kier alpha value is -3.13. The maximum absolute atomic E-state index is 14.5. The van der Waals surface area contributed by atoms with Crippen LogP contribution >= 0.6 is 23.2 Å². The number of amides is 1. The van der Waals surface area contributed by atoms with E-state index in [2.05, 4.69) is 0 Å². The van der Waals surface area contributed by atoms with Gasteiger partial charge in [0.15, 0.2) is 11.6 Å². The van der Waals surface area contributed by atoms with Gasteiger partial charge in [-0.3, -0.25) is 9.20 Å². The second-order valence-electron chi connectivity index (χ2n) is 9.86. The van der Waals surface area contributed by atoms with E-state index >= 15 is 0 Å². The number of imidazole rings is 1. The molecule has 9 heteroatoms. The molecule has 0 radical (unpaired) electrons. The summed E-state index contributed by atoms with van der Waals surface area (Å²) in [6, 6.07) is 13.9. The smallest absolute Gasteiger partial charge is 0.275 e. The Labute approximate surface area is 231 Å². The molecule has 2 aromatic carbocycles. The topological polar surface area (TPSA) is 50.1 Å². The van der Waals surface area contributed by atoms with Crippen LogP contribution in [0.25, 0.3) is 16.9 Å². The number of methoxy groups -OCH3 is 1. The molecular formula is C29H29Cl2FN4O2. The van der Waals surface area contributed by atoms with E-state index < -0.39 is 0 Å². The highest BCUT2D eigenvalue weighted by atomic mass is 35.5. The third-order valence-corrected chi connectivity index (χ3v) is 7.83. The highest BCUT2D eigenvalue weighted by Gasteiger charge is 2.35. The zero-order valence-electron chi connectivity index (χ0n) is 21.8. The highest BCUT2D eigenvalue weighted by molar-refractivity contribution is 6.42. The van der Waals surface area contributed by atoms with Crippen molar-refractivity contribution in [3.8, 4) is 17.1 Å². The molecule has 1 amide bonds. The lowest BCUT2D eigenvalue weighted by Crippen LogP contribution is -2.39. The van der Waals surface area contributed by atoms with Gasteiger partial charge in [-0.2, -0.15) is 0 Å². The van der Waals surface area contributed by atoms with E-state index in [1.54, 1.807) is 26.2 Å². The van der Waals surface area contributed by atoms with Gasteiger partial charge in [-0.05, 0) is 93.0 Å². The van der Waals surface area contributed by atoms with E-state index in [1.807, 2.05) is 58.6 Å². The van der Waals surface area contributed by atoms with Crippen molar-refractivity contribution in [1.82, 2.24) is 19.2 Å². The number of hydrogen-bond donors (Lipinski definition) is 0. The second-order valence-corrected chi connectivity index (χ2v) is 10.7. The summed E-state index contributed by atoms with van der Waals surface area (Å²) in [5, 5.41) is 0.982. The average Bonchev–Trinajstić information content (AvgIpc) is 3.47. The van der Waals surface area contributed by atoms with E-state index in [9.17, 15) is 9.18 Å². The second kappa shape index (κ2) is 10.6. The summed E-state index contributed by atoms with van der Waals surface area (Å²) in [6.45, 7) is 2.86. The lowest BCUT2D eigenvalue weighted by atomic mass is 10.0. The third kappa shape index (κ3) is 4.75. The van der Waals surface area contributed by atoms with Crippen LogP contribution in [0.2, 0.25) is 10.0 Å². The van der Waals surface area contributed by atoms with Crippen LogP contribution in [0.15, 0.2) is 48.5 Å². The number of nitrogens with zero attached hydrogens (tertiary/aromatic N) is 4. The number of pyridine rings is 1. The maximum atomic E-state index is 14.5. The van der Waals surface area contributed by atoms with Gasteiger partial charge in [0.1, 0.15) is 11.5 Å². The van der Waals surface area contributed by atoms with Crippen LogP contribution in [-0.2, 0) is 6.42 Å². The number of benzene rings is 2. The van der Waals surface area contributed by atoms with Crippen LogP contribution in [-0.4, -0.2) is 59.4 Å². The SMILES string of the molecule is COc1cccc2nc(C(=O)N(CCN(C)C)C3CCc4cc(Cl)c(Cl)cc43)c(-c3ccc(F)c(C)c3)n12. The number of hydrogen-bond acceptors (Lipinski definition) is 4. The van der Waals surface area contributed by atoms with Gasteiger partial charge < -0.3 is 14.5 Å². The van der Waals surface area contributed by atoms with Crippen molar-refractivity contribution in [3.63, 3.8) is 0 Å². The van der Waals surface area contributed by atoms with E-state index in [1.165, 1.54) is 6.07 Å². The standard InChI is InChI=1S/C29H29Cl2FN4O2/c1-17-14-19(8-10-23(17)32)28-27(33-25-6-5-7-26(38-4)36(25)28)29(37)35(13-12-34(2)3)24-11-9-18-15-21(30)22(31)16-20(18)24/h5-8,10,14-16,24H,9,11-13H2,1-4H3. The number of ether oxygens (including phenoxy) is 1. The number of carbonyl (C=O) groups is 1. The molecule has 0 saturated carbocycles. The van der Waals surface area contributed by atoms with Gasteiger partial charge in [0.05, 0.1) is 28.9 Å². The minimum Gasteiger partial charge on any atom is -0.482 e. The van der Waals surface area contributed by atoms with Crippen molar-refractivity contribution in [2.75, 3.05) is 34.3 Å². The molecule has 0 fully saturated rings. The molecule has 0 saturated heterocycles. The molecule has 5 rings (SSSR count). The van der Waals surface area contributed by atoms with Crippen molar-refractivity contribution in [2.45, 2.75) is 25.8 Å². The van der Waals surface area contributed by atoms with Crippen LogP contribution in [0.3, 0.4) is 0 Å². The van der Waals surface area contributed by atoms with Crippen LogP contribution in [0.5, 0.6) is 5.88 Å². The molecule has 0 N–H and O–H groups in total. The van der Waals surface area contributed by atoms with Gasteiger partial charge in [-0.1, -0.05) is 29.3 Å². The Kier molecular flexibility index (Phi) is 7.36. The molecule has 2 heterocycles. The Morgan fingerprint density at radius 2 is 1.89 bits per heavy atom. The first-order valence-corrected chi connectivity index (χ1v) is 13.2. The van der Waals surface area contributed by atoms with E-state index in [-0.39, 0.29) is 23.5 Å². The molecule has 1 atom stereocenters. The predicted octanol–water partition coefficient (Wildman–Crippen LogP) is 6.46. The summed E-state index contributed by atoms with van der Waals surface area (Å²) < 4.78 is 21.7. The Balaban J connectivity index is 1.68. The molecular weight excluding hydrogens is 526 g/mol. The first-order valence-electron chi connectivity index (χ1n) is 12.4. The third-order valence-electron chi connectivity index (χ3n) is 7.10. The summed E-state index contributed by atoms with van der Waals surface area (Å²) in [5.74, 6) is 0.00475. The predicted molar refractivity (Wildman–Crippen MR) is 149 cm³/mol. The number of aryl methyl sites for hydroxylation is 2. The summed E-state index contributed by atoms with van der Waals surface area (Å²) in [4.78, 5) is 23.2. The van der Waals surface area contributed by atoms with Gasteiger partial charge in [0.25, 0.3) is 5.91 Å². The van der Waals surface area contributed by atoms with Crippen molar-refractivity contribution < 1.29 is 13.9 Å². The zero-order chi connectivity index (χ0) is 27.1. The van der Waals surface area contributed by atoms with E-state index in [0.717, 1.165) is 24.0 Å². The van der Waals surface area contributed by atoms with Crippen LogP contribution in [0.4, 0.5) is 4.39 Å².